The molecule has 1 aromatic carbocycles. The third-order valence-corrected chi connectivity index (χ3v) is 4.38. The zero-order valence-electron chi connectivity index (χ0n) is 13.0. The van der Waals surface area contributed by atoms with Gasteiger partial charge in [0.2, 0.25) is 0 Å². The van der Waals surface area contributed by atoms with Gasteiger partial charge in [-0.25, -0.2) is 0 Å². The van der Waals surface area contributed by atoms with E-state index in [-0.39, 0.29) is 5.54 Å². The summed E-state index contributed by atoms with van der Waals surface area (Å²) in [4.78, 5) is 4.96. The molecule has 2 rings (SSSR count). The topological polar surface area (TPSA) is 18.5 Å². The van der Waals surface area contributed by atoms with E-state index in [1.165, 1.54) is 16.8 Å². The Kier molecular flexibility index (Phi) is 4.16. The lowest BCUT2D eigenvalue weighted by Crippen LogP contribution is -2.57. The van der Waals surface area contributed by atoms with Gasteiger partial charge >= 0.3 is 0 Å². The highest BCUT2D eigenvalue weighted by Crippen LogP contribution is 2.26. The number of nitrogens with zero attached hydrogens (tertiary/aromatic N) is 2. The number of rotatable bonds is 3. The molecule has 3 heteroatoms. The summed E-state index contributed by atoms with van der Waals surface area (Å²) >= 11 is 0. The minimum Gasteiger partial charge on any atom is -0.368 e. The van der Waals surface area contributed by atoms with Crippen LogP contribution in [0.1, 0.15) is 25.0 Å². The lowest BCUT2D eigenvalue weighted by molar-refractivity contribution is 0.139. The summed E-state index contributed by atoms with van der Waals surface area (Å²) in [5, 5.41) is 3.22. The molecule has 1 saturated heterocycles. The quantitative estimate of drug-likeness (QED) is 0.900. The fourth-order valence-electron chi connectivity index (χ4n) is 2.73. The van der Waals surface area contributed by atoms with E-state index >= 15 is 0 Å². The first-order chi connectivity index (χ1) is 8.94. The largest absolute Gasteiger partial charge is 0.368 e. The van der Waals surface area contributed by atoms with Gasteiger partial charge in [0.15, 0.2) is 0 Å². The van der Waals surface area contributed by atoms with Crippen LogP contribution < -0.4 is 10.2 Å². The van der Waals surface area contributed by atoms with Gasteiger partial charge in [0.25, 0.3) is 0 Å². The van der Waals surface area contributed by atoms with E-state index in [4.69, 9.17) is 0 Å². The van der Waals surface area contributed by atoms with Crippen molar-refractivity contribution < 1.29 is 0 Å². The Labute approximate surface area is 117 Å². The van der Waals surface area contributed by atoms with Gasteiger partial charge in [0.05, 0.1) is 0 Å². The van der Waals surface area contributed by atoms with Crippen molar-refractivity contribution >= 4 is 5.69 Å². The van der Waals surface area contributed by atoms with Gasteiger partial charge in [-0.2, -0.15) is 0 Å². The normalized spacial score (nSPS) is 19.7. The zero-order valence-corrected chi connectivity index (χ0v) is 13.0. The van der Waals surface area contributed by atoms with Gasteiger partial charge in [-0.05, 0) is 58.1 Å². The van der Waals surface area contributed by atoms with Crippen molar-refractivity contribution in [3.05, 3.63) is 29.3 Å². The van der Waals surface area contributed by atoms with Gasteiger partial charge in [0, 0.05) is 37.4 Å². The maximum Gasteiger partial charge on any atom is 0.0370 e. The van der Waals surface area contributed by atoms with Crippen LogP contribution in [-0.2, 0) is 6.54 Å². The number of hydrogen-bond acceptors (Lipinski definition) is 3. The zero-order chi connectivity index (χ0) is 14.0. The van der Waals surface area contributed by atoms with Crippen molar-refractivity contribution in [2.24, 2.45) is 0 Å². The molecule has 1 aromatic rings. The minimum absolute atomic E-state index is 0.246. The van der Waals surface area contributed by atoms with E-state index in [9.17, 15) is 0 Å². The average Bonchev–Trinajstić information content (AvgIpc) is 2.35. The summed E-state index contributed by atoms with van der Waals surface area (Å²) in [5.41, 5.74) is 4.37. The Morgan fingerprint density at radius 1 is 1.26 bits per heavy atom. The van der Waals surface area contributed by atoms with E-state index in [1.807, 2.05) is 7.05 Å². The first kappa shape index (κ1) is 14.4. The Morgan fingerprint density at radius 3 is 2.58 bits per heavy atom. The summed E-state index contributed by atoms with van der Waals surface area (Å²) in [6, 6.07) is 6.85. The minimum atomic E-state index is 0.246. The highest BCUT2D eigenvalue weighted by Gasteiger charge is 2.31. The second-order valence-electron chi connectivity index (χ2n) is 6.30. The number of nitrogens with one attached hydrogen (secondary N) is 1. The van der Waals surface area contributed by atoms with E-state index in [0.717, 1.165) is 26.2 Å². The highest BCUT2D eigenvalue weighted by atomic mass is 15.3. The Morgan fingerprint density at radius 2 is 2.00 bits per heavy atom. The molecule has 1 N–H and O–H groups in total. The monoisotopic (exact) mass is 261 g/mol. The molecule has 0 spiro atoms. The van der Waals surface area contributed by atoms with Crippen LogP contribution in [0.15, 0.2) is 18.2 Å². The summed E-state index contributed by atoms with van der Waals surface area (Å²) in [5.74, 6) is 0. The van der Waals surface area contributed by atoms with Crippen LogP contribution in [0.25, 0.3) is 0 Å². The number of benzene rings is 1. The van der Waals surface area contributed by atoms with Gasteiger partial charge in [0.1, 0.15) is 0 Å². The molecule has 0 aliphatic carbocycles. The fourth-order valence-corrected chi connectivity index (χ4v) is 2.73. The predicted octanol–water partition coefficient (Wildman–Crippen LogP) is 2.24. The van der Waals surface area contributed by atoms with Crippen LogP contribution in [0, 0.1) is 6.92 Å². The van der Waals surface area contributed by atoms with Gasteiger partial charge < -0.3 is 10.2 Å². The molecule has 1 aliphatic heterocycles. The number of anilines is 1. The lowest BCUT2D eigenvalue weighted by atomic mass is 9.98. The van der Waals surface area contributed by atoms with Crippen molar-refractivity contribution in [1.29, 1.82) is 0 Å². The molecule has 19 heavy (non-hydrogen) atoms. The average molecular weight is 261 g/mol. The predicted molar refractivity (Wildman–Crippen MR) is 82.9 cm³/mol. The molecular weight excluding hydrogens is 234 g/mol. The first-order valence-corrected chi connectivity index (χ1v) is 7.14. The molecule has 1 fully saturated rings. The summed E-state index contributed by atoms with van der Waals surface area (Å²) < 4.78 is 0. The van der Waals surface area contributed by atoms with Crippen molar-refractivity contribution in [3.8, 4) is 0 Å². The molecule has 0 amide bonds. The molecule has 106 valence electrons. The maximum atomic E-state index is 3.22. The molecule has 0 bridgehead atoms. The summed E-state index contributed by atoms with van der Waals surface area (Å²) in [7, 11) is 4.22. The number of hydrogen-bond donors (Lipinski definition) is 1. The number of piperazine rings is 1. The second-order valence-corrected chi connectivity index (χ2v) is 6.30. The van der Waals surface area contributed by atoms with Crippen LogP contribution in [0.2, 0.25) is 0 Å². The lowest BCUT2D eigenvalue weighted by Gasteiger charge is -2.46. The Bertz CT molecular complexity index is 440. The van der Waals surface area contributed by atoms with Crippen molar-refractivity contribution in [1.82, 2.24) is 10.2 Å². The number of likely N-dealkylation sites (N-methyl/N-ethyl adjacent to an activating group) is 1. The molecule has 3 nitrogen and oxygen atoms in total. The van der Waals surface area contributed by atoms with Gasteiger partial charge in [-0.15, -0.1) is 0 Å². The standard InChI is InChI=1S/C16H27N3/c1-13-10-15(7-6-14(13)11-17-4)19-9-8-18(5)16(2,3)12-19/h6-7,10,17H,8-9,11-12H2,1-5H3. The molecule has 0 unspecified atom stereocenters. The molecule has 1 heterocycles. The van der Waals surface area contributed by atoms with Gasteiger partial charge in [-0.3, -0.25) is 4.90 Å². The maximum absolute atomic E-state index is 3.22. The van der Waals surface area contributed by atoms with E-state index in [1.54, 1.807) is 0 Å². The Hall–Kier alpha value is -1.06. The molecule has 0 atom stereocenters. The molecule has 0 radical (unpaired) electrons. The number of aryl methyl sites for hydroxylation is 1. The molecule has 1 aliphatic rings. The van der Waals surface area contributed by atoms with Crippen LogP contribution in [-0.4, -0.2) is 44.2 Å². The van der Waals surface area contributed by atoms with E-state index in [2.05, 4.69) is 61.1 Å². The summed E-state index contributed by atoms with van der Waals surface area (Å²) in [6.07, 6.45) is 0. The third-order valence-electron chi connectivity index (χ3n) is 4.38. The van der Waals surface area contributed by atoms with Gasteiger partial charge in [-0.1, -0.05) is 6.07 Å². The highest BCUT2D eigenvalue weighted by molar-refractivity contribution is 5.51. The fraction of sp³-hybridized carbons (Fsp3) is 0.625. The van der Waals surface area contributed by atoms with Crippen LogP contribution >= 0.6 is 0 Å². The molecule has 0 aromatic heterocycles. The molecular formula is C16H27N3. The summed E-state index contributed by atoms with van der Waals surface area (Å²) in [6.45, 7) is 11.1. The third kappa shape index (κ3) is 3.10. The van der Waals surface area contributed by atoms with Crippen LogP contribution in [0.4, 0.5) is 5.69 Å². The SMILES string of the molecule is CNCc1ccc(N2CCN(C)C(C)(C)C2)cc1C. The Balaban J connectivity index is 2.16. The van der Waals surface area contributed by atoms with E-state index in [0.29, 0.717) is 0 Å². The van der Waals surface area contributed by atoms with Crippen molar-refractivity contribution in [2.45, 2.75) is 32.9 Å². The van der Waals surface area contributed by atoms with E-state index < -0.39 is 0 Å². The smallest absolute Gasteiger partial charge is 0.0370 e. The second kappa shape index (κ2) is 5.51. The van der Waals surface area contributed by atoms with Crippen LogP contribution in [0.3, 0.4) is 0 Å². The molecule has 0 saturated carbocycles. The van der Waals surface area contributed by atoms with Crippen molar-refractivity contribution in [2.75, 3.05) is 38.6 Å². The first-order valence-electron chi connectivity index (χ1n) is 7.14. The van der Waals surface area contributed by atoms with Crippen molar-refractivity contribution in [3.63, 3.8) is 0 Å². The van der Waals surface area contributed by atoms with Crippen LogP contribution in [0.5, 0.6) is 0 Å².